The van der Waals surface area contributed by atoms with E-state index in [1.54, 1.807) is 37.3 Å². The van der Waals surface area contributed by atoms with Crippen LogP contribution in [-0.4, -0.2) is 82.5 Å². The van der Waals surface area contributed by atoms with Crippen LogP contribution in [0.15, 0.2) is 41.3 Å². The van der Waals surface area contributed by atoms with E-state index in [-0.39, 0.29) is 41.7 Å². The number of anilines is 2. The third-order valence-corrected chi connectivity index (χ3v) is 10.2. The zero-order valence-electron chi connectivity index (χ0n) is 20.8. The SMILES string of the molecule is CCOc1ccc(CC(=O)Nc2n[nH]c3ccc(N4CCCS4(=O)=O)cc23)cc1S(=O)(=O)N1CCOCC1. The lowest BCUT2D eigenvalue weighted by Crippen LogP contribution is -2.40. The highest BCUT2D eigenvalue weighted by atomic mass is 32.2. The van der Waals surface area contributed by atoms with Gasteiger partial charge in [-0.25, -0.2) is 16.8 Å². The quantitative estimate of drug-likeness (QED) is 0.420. The maximum atomic E-state index is 13.3. The summed E-state index contributed by atoms with van der Waals surface area (Å²) < 4.78 is 64.9. The number of aromatic amines is 1. The van der Waals surface area contributed by atoms with E-state index in [9.17, 15) is 21.6 Å². The summed E-state index contributed by atoms with van der Waals surface area (Å²) in [5.41, 5.74) is 1.64. The predicted molar refractivity (Wildman–Crippen MR) is 141 cm³/mol. The van der Waals surface area contributed by atoms with Crippen LogP contribution in [0.25, 0.3) is 10.9 Å². The van der Waals surface area contributed by atoms with Gasteiger partial charge in [-0.2, -0.15) is 9.40 Å². The number of carbonyl (C=O) groups excluding carboxylic acids is 1. The van der Waals surface area contributed by atoms with Gasteiger partial charge in [0.25, 0.3) is 0 Å². The lowest BCUT2D eigenvalue weighted by atomic mass is 10.1. The second-order valence-corrected chi connectivity index (χ2v) is 12.9. The molecule has 1 aromatic heterocycles. The van der Waals surface area contributed by atoms with Crippen molar-refractivity contribution in [2.75, 3.05) is 54.8 Å². The zero-order valence-corrected chi connectivity index (χ0v) is 22.5. The summed E-state index contributed by atoms with van der Waals surface area (Å²) in [6.45, 7) is 3.57. The van der Waals surface area contributed by atoms with Gasteiger partial charge >= 0.3 is 0 Å². The van der Waals surface area contributed by atoms with E-state index >= 15 is 0 Å². The zero-order chi connectivity index (χ0) is 26.9. The molecule has 0 atom stereocenters. The molecule has 204 valence electrons. The second-order valence-electron chi connectivity index (χ2n) is 9.00. The fraction of sp³-hybridized carbons (Fsp3) is 0.417. The van der Waals surface area contributed by atoms with Crippen molar-refractivity contribution < 1.29 is 31.1 Å². The number of H-pyrrole nitrogens is 1. The summed E-state index contributed by atoms with van der Waals surface area (Å²) >= 11 is 0. The molecule has 0 unspecified atom stereocenters. The van der Waals surface area contributed by atoms with Crippen molar-refractivity contribution in [3.63, 3.8) is 0 Å². The molecule has 2 saturated heterocycles. The van der Waals surface area contributed by atoms with Crippen LogP contribution in [0.3, 0.4) is 0 Å². The number of benzene rings is 2. The molecule has 0 spiro atoms. The third-order valence-electron chi connectivity index (χ3n) is 6.45. The smallest absolute Gasteiger partial charge is 0.246 e. The Labute approximate surface area is 221 Å². The van der Waals surface area contributed by atoms with Crippen molar-refractivity contribution in [2.24, 2.45) is 0 Å². The highest BCUT2D eigenvalue weighted by molar-refractivity contribution is 7.93. The first-order chi connectivity index (χ1) is 18.2. The maximum absolute atomic E-state index is 13.3. The van der Waals surface area contributed by atoms with Gasteiger partial charge in [-0.1, -0.05) is 6.07 Å². The average Bonchev–Trinajstić information content (AvgIpc) is 3.47. The molecule has 5 rings (SSSR count). The Morgan fingerprint density at radius 2 is 1.95 bits per heavy atom. The van der Waals surface area contributed by atoms with Crippen molar-refractivity contribution in [3.05, 3.63) is 42.0 Å². The predicted octanol–water partition coefficient (Wildman–Crippen LogP) is 1.70. The van der Waals surface area contributed by atoms with E-state index in [4.69, 9.17) is 9.47 Å². The van der Waals surface area contributed by atoms with Crippen LogP contribution in [0.4, 0.5) is 11.5 Å². The van der Waals surface area contributed by atoms with Gasteiger partial charge in [0.1, 0.15) is 10.6 Å². The second kappa shape index (κ2) is 10.5. The highest BCUT2D eigenvalue weighted by Gasteiger charge is 2.30. The molecule has 38 heavy (non-hydrogen) atoms. The molecule has 12 nitrogen and oxygen atoms in total. The summed E-state index contributed by atoms with van der Waals surface area (Å²) in [4.78, 5) is 13.0. The molecule has 0 bridgehead atoms. The van der Waals surface area contributed by atoms with Crippen molar-refractivity contribution >= 4 is 48.4 Å². The van der Waals surface area contributed by atoms with Crippen molar-refractivity contribution in [1.29, 1.82) is 0 Å². The Hall–Kier alpha value is -3.20. The minimum absolute atomic E-state index is 0.00762. The van der Waals surface area contributed by atoms with Gasteiger partial charge in [0, 0.05) is 25.0 Å². The molecule has 0 radical (unpaired) electrons. The minimum atomic E-state index is -3.85. The number of hydrogen-bond acceptors (Lipinski definition) is 8. The average molecular weight is 564 g/mol. The van der Waals surface area contributed by atoms with E-state index in [1.165, 1.54) is 14.7 Å². The standard InChI is InChI=1S/C24H29N5O7S2/c1-2-36-21-7-4-17(14-22(21)38(33,34)28-9-11-35-12-10-28)15-23(30)25-24-19-16-18(5-6-20(19)26-27-24)29-8-3-13-37(29,31)32/h4-7,14,16H,2-3,8-13,15H2,1H3,(H2,25,26,27,30). The topological polar surface area (TPSA) is 151 Å². The molecule has 1 amide bonds. The highest BCUT2D eigenvalue weighted by Crippen LogP contribution is 2.31. The van der Waals surface area contributed by atoms with Crippen LogP contribution in [0.5, 0.6) is 5.75 Å². The number of rotatable bonds is 8. The Morgan fingerprint density at radius 3 is 2.66 bits per heavy atom. The minimum Gasteiger partial charge on any atom is -0.492 e. The third kappa shape index (κ3) is 5.21. The van der Waals surface area contributed by atoms with Crippen molar-refractivity contribution in [2.45, 2.75) is 24.7 Å². The lowest BCUT2D eigenvalue weighted by Gasteiger charge is -2.27. The molecule has 2 fully saturated rings. The molecule has 14 heteroatoms. The summed E-state index contributed by atoms with van der Waals surface area (Å²) in [6, 6.07) is 9.78. The van der Waals surface area contributed by atoms with E-state index in [0.717, 1.165) is 0 Å². The van der Waals surface area contributed by atoms with Crippen LogP contribution >= 0.6 is 0 Å². The Kier molecular flexibility index (Phi) is 7.31. The van der Waals surface area contributed by atoms with E-state index in [2.05, 4.69) is 15.5 Å². The molecule has 2 aromatic carbocycles. The van der Waals surface area contributed by atoms with Gasteiger partial charge in [-0.15, -0.1) is 0 Å². The van der Waals surface area contributed by atoms with Crippen LogP contribution in [0.1, 0.15) is 18.9 Å². The monoisotopic (exact) mass is 563 g/mol. The fourth-order valence-electron chi connectivity index (χ4n) is 4.61. The summed E-state index contributed by atoms with van der Waals surface area (Å²) in [7, 11) is -7.20. The maximum Gasteiger partial charge on any atom is 0.246 e. The van der Waals surface area contributed by atoms with Gasteiger partial charge < -0.3 is 14.8 Å². The molecule has 2 N–H and O–H groups in total. The first-order valence-corrected chi connectivity index (χ1v) is 15.4. The number of nitrogens with one attached hydrogen (secondary N) is 2. The van der Waals surface area contributed by atoms with Crippen molar-refractivity contribution in [1.82, 2.24) is 14.5 Å². The summed E-state index contributed by atoms with van der Waals surface area (Å²) in [6.07, 6.45) is 0.452. The molecule has 2 aliphatic rings. The normalized spacial score (nSPS) is 18.1. The van der Waals surface area contributed by atoms with Crippen LogP contribution in [-0.2, 0) is 36.0 Å². The van der Waals surface area contributed by atoms with Gasteiger partial charge in [0.05, 0.1) is 43.2 Å². The molecule has 2 aliphatic heterocycles. The number of amides is 1. The van der Waals surface area contributed by atoms with E-state index in [0.29, 0.717) is 54.9 Å². The van der Waals surface area contributed by atoms with Gasteiger partial charge in [0.15, 0.2) is 5.82 Å². The van der Waals surface area contributed by atoms with E-state index < -0.39 is 26.0 Å². The Morgan fingerprint density at radius 1 is 1.16 bits per heavy atom. The molecule has 3 aromatic rings. The Balaban J connectivity index is 1.37. The number of hydrogen-bond donors (Lipinski definition) is 2. The fourth-order valence-corrected chi connectivity index (χ4v) is 7.75. The number of ether oxygens (including phenoxy) is 2. The van der Waals surface area contributed by atoms with Crippen molar-refractivity contribution in [3.8, 4) is 5.75 Å². The number of morpholine rings is 1. The summed E-state index contributed by atoms with van der Waals surface area (Å²) in [5.74, 6) is 0.184. The number of sulfonamides is 2. The van der Waals surface area contributed by atoms with Gasteiger partial charge in [-0.3, -0.25) is 14.2 Å². The summed E-state index contributed by atoms with van der Waals surface area (Å²) in [5, 5.41) is 10.3. The molecule has 0 aliphatic carbocycles. The molecule has 0 saturated carbocycles. The lowest BCUT2D eigenvalue weighted by molar-refractivity contribution is -0.115. The molecular weight excluding hydrogens is 534 g/mol. The largest absolute Gasteiger partial charge is 0.492 e. The molecule has 3 heterocycles. The first kappa shape index (κ1) is 26.4. The van der Waals surface area contributed by atoms with Gasteiger partial charge in [0.2, 0.25) is 26.0 Å². The van der Waals surface area contributed by atoms with Crippen LogP contribution in [0.2, 0.25) is 0 Å². The Bertz CT molecular complexity index is 1560. The van der Waals surface area contributed by atoms with Crippen LogP contribution < -0.4 is 14.4 Å². The molecular formula is C24H29N5O7S2. The number of fused-ring (bicyclic) bond motifs is 1. The number of carbonyl (C=O) groups is 1. The number of nitrogens with zero attached hydrogens (tertiary/aromatic N) is 3. The van der Waals surface area contributed by atoms with E-state index in [1.807, 2.05) is 0 Å². The number of aromatic nitrogens is 2. The first-order valence-electron chi connectivity index (χ1n) is 12.3. The van der Waals surface area contributed by atoms with Gasteiger partial charge in [-0.05, 0) is 49.2 Å². The van der Waals surface area contributed by atoms with Crippen LogP contribution in [0, 0.1) is 0 Å².